The molecule has 1 aromatic carbocycles. The number of methoxy groups -OCH3 is 1. The quantitative estimate of drug-likeness (QED) is 0.311. The second-order valence-electron chi connectivity index (χ2n) is 5.65. The Bertz CT molecular complexity index is 556. The van der Waals surface area contributed by atoms with Crippen LogP contribution >= 0.6 is 0 Å². The molecule has 0 radical (unpaired) electrons. The van der Waals surface area contributed by atoms with Gasteiger partial charge in [0.05, 0.1) is 26.9 Å². The molecule has 0 saturated carbocycles. The van der Waals surface area contributed by atoms with Crippen LogP contribution in [0.3, 0.4) is 0 Å². The van der Waals surface area contributed by atoms with Crippen LogP contribution in [0.25, 0.3) is 0 Å². The van der Waals surface area contributed by atoms with Gasteiger partial charge in [-0.1, -0.05) is 11.6 Å². The Kier molecular flexibility index (Phi) is 8.69. The van der Waals surface area contributed by atoms with Gasteiger partial charge in [0, 0.05) is 13.1 Å². The third kappa shape index (κ3) is 7.47. The van der Waals surface area contributed by atoms with E-state index in [-0.39, 0.29) is 0 Å². The lowest BCUT2D eigenvalue weighted by molar-refractivity contribution is 0.153. The number of nitrogens with one attached hydrogen (secondary N) is 2. The van der Waals surface area contributed by atoms with E-state index >= 15 is 0 Å². The molecule has 0 aliphatic carbocycles. The maximum absolute atomic E-state index is 5.71. The summed E-state index contributed by atoms with van der Waals surface area (Å²) >= 11 is 0. The first-order valence-corrected chi connectivity index (χ1v) is 8.86. The maximum Gasteiger partial charge on any atom is 0.191 e. The first-order valence-electron chi connectivity index (χ1n) is 8.86. The highest BCUT2D eigenvalue weighted by Crippen LogP contribution is 2.16. The fraction of sp³-hybridized carbons (Fsp3) is 0.526. The summed E-state index contributed by atoms with van der Waals surface area (Å²) in [4.78, 5) is 4.62. The van der Waals surface area contributed by atoms with Gasteiger partial charge in [0.2, 0.25) is 0 Å². The van der Waals surface area contributed by atoms with E-state index in [1.165, 1.54) is 5.57 Å². The molecule has 2 N–H and O–H groups in total. The van der Waals surface area contributed by atoms with E-state index in [1.54, 1.807) is 7.11 Å². The molecule has 25 heavy (non-hydrogen) atoms. The van der Waals surface area contributed by atoms with Gasteiger partial charge < -0.3 is 24.8 Å². The molecule has 0 bridgehead atoms. The Morgan fingerprint density at radius 2 is 2.00 bits per heavy atom. The number of rotatable bonds is 9. The van der Waals surface area contributed by atoms with E-state index in [1.807, 2.05) is 24.3 Å². The lowest BCUT2D eigenvalue weighted by atomic mass is 10.1. The molecule has 2 rings (SSSR count). The minimum Gasteiger partial charge on any atom is -0.497 e. The van der Waals surface area contributed by atoms with Gasteiger partial charge in [0.15, 0.2) is 5.96 Å². The Morgan fingerprint density at radius 3 is 2.68 bits per heavy atom. The van der Waals surface area contributed by atoms with Crippen molar-refractivity contribution in [3.63, 3.8) is 0 Å². The lowest BCUT2D eigenvalue weighted by Gasteiger charge is -2.14. The highest BCUT2D eigenvalue weighted by Gasteiger charge is 2.03. The summed E-state index contributed by atoms with van der Waals surface area (Å²) in [6.45, 7) is 6.50. The van der Waals surface area contributed by atoms with E-state index < -0.39 is 0 Å². The van der Waals surface area contributed by atoms with Crippen LogP contribution in [0.5, 0.6) is 11.5 Å². The predicted octanol–water partition coefficient (Wildman–Crippen LogP) is 2.37. The minimum atomic E-state index is 0.569. The molecule has 1 aliphatic rings. The number of hydrogen-bond donors (Lipinski definition) is 2. The smallest absolute Gasteiger partial charge is 0.191 e. The van der Waals surface area contributed by atoms with E-state index in [4.69, 9.17) is 14.2 Å². The standard InChI is InChI=1S/C19H29N3O3/c1-3-20-19(21-11-8-16-9-13-24-14-10-16)22-12-15-25-18-6-4-17(23-2)5-7-18/h4-7,9H,3,8,10-15H2,1-2H3,(H2,20,21,22). The van der Waals surface area contributed by atoms with Crippen LogP contribution in [0, 0.1) is 0 Å². The average molecular weight is 347 g/mol. The molecule has 0 aromatic heterocycles. The van der Waals surface area contributed by atoms with Gasteiger partial charge in [-0.3, -0.25) is 4.99 Å². The monoisotopic (exact) mass is 347 g/mol. The third-order valence-corrected chi connectivity index (χ3v) is 3.83. The van der Waals surface area contributed by atoms with Gasteiger partial charge in [0.25, 0.3) is 0 Å². The van der Waals surface area contributed by atoms with Crippen molar-refractivity contribution in [1.82, 2.24) is 10.6 Å². The first kappa shape index (κ1) is 19.1. The van der Waals surface area contributed by atoms with E-state index in [9.17, 15) is 0 Å². The Morgan fingerprint density at radius 1 is 1.20 bits per heavy atom. The molecule has 6 nitrogen and oxygen atoms in total. The number of hydrogen-bond acceptors (Lipinski definition) is 4. The zero-order valence-electron chi connectivity index (χ0n) is 15.2. The number of nitrogens with zero attached hydrogens (tertiary/aromatic N) is 1. The summed E-state index contributed by atoms with van der Waals surface area (Å²) < 4.78 is 16.2. The molecule has 0 unspecified atom stereocenters. The Hall–Kier alpha value is -2.21. The van der Waals surface area contributed by atoms with Crippen LogP contribution in [-0.4, -0.2) is 52.5 Å². The SMILES string of the molecule is CCNC(=NCCC1=CCOCC1)NCCOc1ccc(OC)cc1. The number of ether oxygens (including phenoxy) is 3. The van der Waals surface area contributed by atoms with E-state index in [0.29, 0.717) is 13.2 Å². The van der Waals surface area contributed by atoms with Crippen LogP contribution in [0.15, 0.2) is 40.9 Å². The van der Waals surface area contributed by atoms with Crippen molar-refractivity contribution in [2.75, 3.05) is 46.6 Å². The summed E-state index contributed by atoms with van der Waals surface area (Å²) in [5.74, 6) is 2.48. The highest BCUT2D eigenvalue weighted by atomic mass is 16.5. The predicted molar refractivity (Wildman–Crippen MR) is 101 cm³/mol. The molecule has 0 atom stereocenters. The third-order valence-electron chi connectivity index (χ3n) is 3.83. The largest absolute Gasteiger partial charge is 0.497 e. The van der Waals surface area contributed by atoms with Crippen molar-refractivity contribution in [2.24, 2.45) is 4.99 Å². The fourth-order valence-corrected chi connectivity index (χ4v) is 2.46. The molecule has 0 saturated heterocycles. The summed E-state index contributed by atoms with van der Waals surface area (Å²) in [5, 5.41) is 6.55. The first-order chi connectivity index (χ1) is 12.3. The van der Waals surface area contributed by atoms with Crippen molar-refractivity contribution < 1.29 is 14.2 Å². The fourth-order valence-electron chi connectivity index (χ4n) is 2.46. The second-order valence-corrected chi connectivity index (χ2v) is 5.65. The van der Waals surface area contributed by atoms with Crippen LogP contribution < -0.4 is 20.1 Å². The van der Waals surface area contributed by atoms with Crippen molar-refractivity contribution in [3.05, 3.63) is 35.9 Å². The average Bonchev–Trinajstić information content (AvgIpc) is 2.66. The van der Waals surface area contributed by atoms with Crippen molar-refractivity contribution in [2.45, 2.75) is 19.8 Å². The van der Waals surface area contributed by atoms with Gasteiger partial charge in [0.1, 0.15) is 18.1 Å². The molecule has 1 aliphatic heterocycles. The molecular formula is C19H29N3O3. The van der Waals surface area contributed by atoms with Crippen LogP contribution in [0.1, 0.15) is 19.8 Å². The van der Waals surface area contributed by atoms with Crippen LogP contribution in [0.4, 0.5) is 0 Å². The van der Waals surface area contributed by atoms with Crippen LogP contribution in [0.2, 0.25) is 0 Å². The molecule has 0 amide bonds. The van der Waals surface area contributed by atoms with E-state index in [0.717, 1.165) is 56.6 Å². The van der Waals surface area contributed by atoms with Crippen LogP contribution in [-0.2, 0) is 4.74 Å². The van der Waals surface area contributed by atoms with E-state index in [2.05, 4.69) is 28.6 Å². The topological polar surface area (TPSA) is 64.1 Å². The molecule has 1 aromatic rings. The number of guanidine groups is 1. The minimum absolute atomic E-state index is 0.569. The Balaban J connectivity index is 1.68. The second kappa shape index (κ2) is 11.4. The summed E-state index contributed by atoms with van der Waals surface area (Å²) in [6.07, 6.45) is 4.18. The Labute approximate surface area is 150 Å². The lowest BCUT2D eigenvalue weighted by Crippen LogP contribution is -2.39. The van der Waals surface area contributed by atoms with Crippen molar-refractivity contribution in [1.29, 1.82) is 0 Å². The summed E-state index contributed by atoms with van der Waals surface area (Å²) in [5.41, 5.74) is 1.44. The van der Waals surface area contributed by atoms with Gasteiger partial charge in [-0.2, -0.15) is 0 Å². The summed E-state index contributed by atoms with van der Waals surface area (Å²) in [7, 11) is 1.65. The molecule has 138 valence electrons. The number of benzene rings is 1. The number of aliphatic imine (C=N–C) groups is 1. The molecular weight excluding hydrogens is 318 g/mol. The van der Waals surface area contributed by atoms with Crippen molar-refractivity contribution >= 4 is 5.96 Å². The van der Waals surface area contributed by atoms with Gasteiger partial charge in [-0.25, -0.2) is 0 Å². The summed E-state index contributed by atoms with van der Waals surface area (Å²) in [6, 6.07) is 7.58. The molecule has 6 heteroatoms. The highest BCUT2D eigenvalue weighted by molar-refractivity contribution is 5.79. The molecule has 0 fully saturated rings. The maximum atomic E-state index is 5.71. The van der Waals surface area contributed by atoms with Crippen molar-refractivity contribution in [3.8, 4) is 11.5 Å². The molecule has 1 heterocycles. The zero-order chi connectivity index (χ0) is 17.7. The zero-order valence-corrected chi connectivity index (χ0v) is 15.2. The normalized spacial score (nSPS) is 14.6. The van der Waals surface area contributed by atoms with Gasteiger partial charge in [-0.05, 0) is 44.0 Å². The van der Waals surface area contributed by atoms with Gasteiger partial charge >= 0.3 is 0 Å². The molecule has 0 spiro atoms. The van der Waals surface area contributed by atoms with Gasteiger partial charge in [-0.15, -0.1) is 0 Å².